The Bertz CT molecular complexity index is 86.1. The van der Waals surface area contributed by atoms with Crippen molar-refractivity contribution in [2.45, 2.75) is 12.8 Å². The summed E-state index contributed by atoms with van der Waals surface area (Å²) in [5.74, 6) is -0.161. The van der Waals surface area contributed by atoms with Crippen LogP contribution >= 0.6 is 0 Å². The molecule has 1 aliphatic rings. The van der Waals surface area contributed by atoms with E-state index < -0.39 is 0 Å². The SMILES string of the molecule is [O]C1=CCCCO1. The first kappa shape index (κ1) is 4.50. The molecule has 7 heavy (non-hydrogen) atoms. The van der Waals surface area contributed by atoms with Crippen molar-refractivity contribution in [1.82, 2.24) is 0 Å². The maximum atomic E-state index is 10.2. The van der Waals surface area contributed by atoms with Crippen molar-refractivity contribution in [1.29, 1.82) is 0 Å². The summed E-state index contributed by atoms with van der Waals surface area (Å²) in [5, 5.41) is 10.2. The van der Waals surface area contributed by atoms with Crippen molar-refractivity contribution < 1.29 is 9.84 Å². The van der Waals surface area contributed by atoms with E-state index in [1.165, 1.54) is 0 Å². The van der Waals surface area contributed by atoms with E-state index in [-0.39, 0.29) is 5.95 Å². The van der Waals surface area contributed by atoms with Crippen LogP contribution in [0.1, 0.15) is 12.8 Å². The Kier molecular flexibility index (Phi) is 1.20. The maximum Gasteiger partial charge on any atom is 0.326 e. The molecule has 2 nitrogen and oxygen atoms in total. The first-order valence-electron chi connectivity index (χ1n) is 2.39. The van der Waals surface area contributed by atoms with Gasteiger partial charge in [-0.15, -0.1) is 0 Å². The lowest BCUT2D eigenvalue weighted by atomic mass is 10.3. The highest BCUT2D eigenvalue weighted by Crippen LogP contribution is 2.05. The molecular weight excluding hydrogens is 92.1 g/mol. The van der Waals surface area contributed by atoms with Crippen LogP contribution in [0.2, 0.25) is 0 Å². The summed E-state index contributed by atoms with van der Waals surface area (Å²) in [7, 11) is 0. The van der Waals surface area contributed by atoms with E-state index in [0.717, 1.165) is 12.8 Å². The van der Waals surface area contributed by atoms with Crippen LogP contribution in [0.3, 0.4) is 0 Å². The molecule has 0 saturated heterocycles. The fourth-order valence-corrected chi connectivity index (χ4v) is 0.535. The van der Waals surface area contributed by atoms with Gasteiger partial charge in [0.1, 0.15) is 0 Å². The molecule has 39 valence electrons. The predicted molar refractivity (Wildman–Crippen MR) is 24.0 cm³/mol. The second kappa shape index (κ2) is 1.87. The average molecular weight is 99.1 g/mol. The molecule has 0 aromatic rings. The van der Waals surface area contributed by atoms with Crippen LogP contribution in [0, 0.1) is 0 Å². The summed E-state index contributed by atoms with van der Waals surface area (Å²) in [4.78, 5) is 0. The third-order valence-corrected chi connectivity index (χ3v) is 0.904. The highest BCUT2D eigenvalue weighted by Gasteiger charge is 2.00. The van der Waals surface area contributed by atoms with Crippen LogP contribution in [0.25, 0.3) is 0 Å². The zero-order valence-corrected chi connectivity index (χ0v) is 4.02. The van der Waals surface area contributed by atoms with Crippen molar-refractivity contribution in [3.05, 3.63) is 12.0 Å². The van der Waals surface area contributed by atoms with Gasteiger partial charge in [-0.3, -0.25) is 0 Å². The Labute approximate surface area is 42.4 Å². The molecule has 0 N–H and O–H groups in total. The van der Waals surface area contributed by atoms with Crippen molar-refractivity contribution in [2.75, 3.05) is 6.61 Å². The molecule has 0 aromatic heterocycles. The summed E-state index contributed by atoms with van der Waals surface area (Å²) in [6.45, 7) is 0.606. The molecule has 0 bridgehead atoms. The zero-order valence-electron chi connectivity index (χ0n) is 4.02. The van der Waals surface area contributed by atoms with E-state index in [4.69, 9.17) is 0 Å². The van der Waals surface area contributed by atoms with Crippen molar-refractivity contribution >= 4 is 0 Å². The van der Waals surface area contributed by atoms with Gasteiger partial charge in [0, 0.05) is 6.08 Å². The number of hydrogen-bond donors (Lipinski definition) is 0. The molecule has 2 heteroatoms. The summed E-state index contributed by atoms with van der Waals surface area (Å²) in [6.07, 6.45) is 3.45. The topological polar surface area (TPSA) is 29.1 Å². The van der Waals surface area contributed by atoms with Gasteiger partial charge in [0.2, 0.25) is 0 Å². The third-order valence-electron chi connectivity index (χ3n) is 0.904. The molecule has 0 saturated carbocycles. The Balaban J connectivity index is 2.40. The summed E-state index contributed by atoms with van der Waals surface area (Å²) >= 11 is 0. The number of ether oxygens (including phenoxy) is 1. The lowest BCUT2D eigenvalue weighted by molar-refractivity contribution is 0.0410. The molecular formula is C5H7O2. The van der Waals surface area contributed by atoms with E-state index in [9.17, 15) is 5.11 Å². The average Bonchev–Trinajstić information content (AvgIpc) is 1.69. The molecule has 1 rings (SSSR count). The Hall–Kier alpha value is -0.660. The fourth-order valence-electron chi connectivity index (χ4n) is 0.535. The fraction of sp³-hybridized carbons (Fsp3) is 0.600. The smallest absolute Gasteiger partial charge is 0.326 e. The molecule has 1 aliphatic heterocycles. The molecule has 1 radical (unpaired) electrons. The molecule has 0 aromatic carbocycles. The van der Waals surface area contributed by atoms with Crippen molar-refractivity contribution in [2.24, 2.45) is 0 Å². The molecule has 0 fully saturated rings. The van der Waals surface area contributed by atoms with E-state index in [0.29, 0.717) is 6.61 Å². The third kappa shape index (κ3) is 1.11. The van der Waals surface area contributed by atoms with Gasteiger partial charge in [0.05, 0.1) is 6.61 Å². The van der Waals surface area contributed by atoms with Gasteiger partial charge in [-0.05, 0) is 12.8 Å². The highest BCUT2D eigenvalue weighted by molar-refractivity contribution is 4.83. The summed E-state index contributed by atoms with van der Waals surface area (Å²) in [6, 6.07) is 0. The van der Waals surface area contributed by atoms with Gasteiger partial charge in [0.15, 0.2) is 0 Å². The van der Waals surface area contributed by atoms with Gasteiger partial charge in [-0.25, -0.2) is 5.11 Å². The Morgan fingerprint density at radius 3 is 2.86 bits per heavy atom. The van der Waals surface area contributed by atoms with Crippen molar-refractivity contribution in [3.63, 3.8) is 0 Å². The van der Waals surface area contributed by atoms with E-state index in [1.54, 1.807) is 6.08 Å². The first-order valence-corrected chi connectivity index (χ1v) is 2.39. The van der Waals surface area contributed by atoms with Crippen LogP contribution in [0.5, 0.6) is 0 Å². The Morgan fingerprint density at radius 1 is 1.71 bits per heavy atom. The maximum absolute atomic E-state index is 10.2. The summed E-state index contributed by atoms with van der Waals surface area (Å²) < 4.78 is 4.58. The Morgan fingerprint density at radius 2 is 2.57 bits per heavy atom. The predicted octanol–water partition coefficient (Wildman–Crippen LogP) is 1.07. The van der Waals surface area contributed by atoms with Crippen LogP contribution in [0.4, 0.5) is 0 Å². The van der Waals surface area contributed by atoms with Crippen LogP contribution in [-0.2, 0) is 9.84 Å². The van der Waals surface area contributed by atoms with Gasteiger partial charge in [-0.1, -0.05) is 0 Å². The minimum absolute atomic E-state index is 0.161. The van der Waals surface area contributed by atoms with Gasteiger partial charge < -0.3 is 4.74 Å². The molecule has 0 unspecified atom stereocenters. The van der Waals surface area contributed by atoms with Gasteiger partial charge in [-0.2, -0.15) is 0 Å². The monoisotopic (exact) mass is 99.0 g/mol. The number of allylic oxidation sites excluding steroid dienone is 1. The van der Waals surface area contributed by atoms with E-state index in [1.807, 2.05) is 0 Å². The normalized spacial score (nSPS) is 20.3. The quantitative estimate of drug-likeness (QED) is 0.446. The van der Waals surface area contributed by atoms with Crippen LogP contribution in [0.15, 0.2) is 12.0 Å². The molecule has 0 amide bonds. The van der Waals surface area contributed by atoms with Gasteiger partial charge in [0.25, 0.3) is 0 Å². The second-order valence-corrected chi connectivity index (χ2v) is 1.51. The highest BCUT2D eigenvalue weighted by atomic mass is 16.6. The van der Waals surface area contributed by atoms with E-state index in [2.05, 4.69) is 4.74 Å². The molecule has 0 aliphatic carbocycles. The lowest BCUT2D eigenvalue weighted by Crippen LogP contribution is -1.97. The van der Waals surface area contributed by atoms with Crippen LogP contribution in [-0.4, -0.2) is 6.61 Å². The second-order valence-electron chi connectivity index (χ2n) is 1.51. The zero-order chi connectivity index (χ0) is 5.11. The first-order chi connectivity index (χ1) is 3.39. The molecule has 0 spiro atoms. The number of hydrogen-bond acceptors (Lipinski definition) is 1. The molecule has 1 heterocycles. The minimum Gasteiger partial charge on any atom is -0.463 e. The van der Waals surface area contributed by atoms with E-state index >= 15 is 0 Å². The summed E-state index contributed by atoms with van der Waals surface area (Å²) in [5.41, 5.74) is 0. The van der Waals surface area contributed by atoms with Gasteiger partial charge >= 0.3 is 5.95 Å². The lowest BCUT2D eigenvalue weighted by Gasteiger charge is -2.04. The molecule has 0 atom stereocenters. The number of rotatable bonds is 0. The van der Waals surface area contributed by atoms with Crippen molar-refractivity contribution in [3.8, 4) is 0 Å². The van der Waals surface area contributed by atoms with Crippen LogP contribution < -0.4 is 0 Å². The largest absolute Gasteiger partial charge is 0.463 e. The minimum atomic E-state index is -0.161. The standard InChI is InChI=1S/C5H7O2/c6-5-3-1-2-4-7-5/h3H,1-2,4H2.